The highest BCUT2D eigenvalue weighted by molar-refractivity contribution is 4.92. The Bertz CT molecular complexity index is 169. The molecule has 0 saturated carbocycles. The zero-order valence-electron chi connectivity index (χ0n) is 10.9. The Morgan fingerprint density at radius 3 is 1.75 bits per heavy atom. The van der Waals surface area contributed by atoms with Gasteiger partial charge in [-0.3, -0.25) is 0 Å². The first-order valence-electron chi connectivity index (χ1n) is 6.95. The van der Waals surface area contributed by atoms with Gasteiger partial charge in [0.2, 0.25) is 0 Å². The van der Waals surface area contributed by atoms with Crippen LogP contribution in [0.25, 0.3) is 0 Å². The van der Waals surface area contributed by atoms with E-state index in [0.717, 1.165) is 12.8 Å². The number of aliphatic hydroxyl groups is 1. The molecule has 0 aliphatic rings. The molecule has 0 radical (unpaired) electrons. The van der Waals surface area contributed by atoms with Crippen molar-refractivity contribution in [2.24, 2.45) is 0 Å². The molecule has 0 aromatic heterocycles. The summed E-state index contributed by atoms with van der Waals surface area (Å²) < 4.78 is 0. The van der Waals surface area contributed by atoms with E-state index in [1.54, 1.807) is 0 Å². The van der Waals surface area contributed by atoms with Crippen LogP contribution in [0.4, 0.5) is 0 Å². The van der Waals surface area contributed by atoms with Crippen LogP contribution in [0, 0.1) is 12.3 Å². The normalized spacial score (nSPS) is 12.3. The van der Waals surface area contributed by atoms with Crippen LogP contribution in [0.3, 0.4) is 0 Å². The van der Waals surface area contributed by atoms with E-state index < -0.39 is 6.10 Å². The molecule has 0 heterocycles. The average Bonchev–Trinajstić information content (AvgIpc) is 2.31. The standard InChI is InChI=1S/C15H28O/c1-3-5-6-7-8-9-10-11-12-13-14-15(16)4-2/h2,15-16H,3,5-14H2,1H3/t15-/m1/s1. The molecule has 1 atom stereocenters. The van der Waals surface area contributed by atoms with Crippen LogP contribution in [0.1, 0.15) is 77.6 Å². The first-order valence-corrected chi connectivity index (χ1v) is 6.95. The maximum atomic E-state index is 9.14. The minimum atomic E-state index is -0.519. The highest BCUT2D eigenvalue weighted by Crippen LogP contribution is 2.11. The number of unbranched alkanes of at least 4 members (excludes halogenated alkanes) is 9. The Labute approximate surface area is 102 Å². The van der Waals surface area contributed by atoms with Crippen LogP contribution in [-0.4, -0.2) is 11.2 Å². The van der Waals surface area contributed by atoms with Gasteiger partial charge < -0.3 is 5.11 Å². The van der Waals surface area contributed by atoms with Crippen LogP contribution in [0.15, 0.2) is 0 Å². The van der Waals surface area contributed by atoms with Gasteiger partial charge in [-0.15, -0.1) is 6.42 Å². The van der Waals surface area contributed by atoms with E-state index >= 15 is 0 Å². The van der Waals surface area contributed by atoms with Crippen molar-refractivity contribution in [3.63, 3.8) is 0 Å². The van der Waals surface area contributed by atoms with Crippen molar-refractivity contribution in [1.29, 1.82) is 0 Å². The summed E-state index contributed by atoms with van der Waals surface area (Å²) in [4.78, 5) is 0. The van der Waals surface area contributed by atoms with Gasteiger partial charge in [-0.2, -0.15) is 0 Å². The van der Waals surface area contributed by atoms with Gasteiger partial charge in [-0.25, -0.2) is 0 Å². The molecule has 1 heteroatoms. The minimum absolute atomic E-state index is 0.519. The van der Waals surface area contributed by atoms with E-state index in [4.69, 9.17) is 11.5 Å². The molecular weight excluding hydrogens is 196 g/mol. The maximum Gasteiger partial charge on any atom is 0.114 e. The van der Waals surface area contributed by atoms with Gasteiger partial charge in [0.05, 0.1) is 0 Å². The quantitative estimate of drug-likeness (QED) is 0.410. The molecule has 94 valence electrons. The Morgan fingerprint density at radius 2 is 1.31 bits per heavy atom. The van der Waals surface area contributed by atoms with E-state index in [9.17, 15) is 0 Å². The fourth-order valence-electron chi connectivity index (χ4n) is 1.91. The Hall–Kier alpha value is -0.480. The molecule has 0 aromatic rings. The third-order valence-corrected chi connectivity index (χ3v) is 3.02. The molecule has 0 fully saturated rings. The smallest absolute Gasteiger partial charge is 0.114 e. The van der Waals surface area contributed by atoms with E-state index in [1.807, 2.05) is 0 Å². The molecule has 0 rings (SSSR count). The highest BCUT2D eigenvalue weighted by Gasteiger charge is 1.97. The van der Waals surface area contributed by atoms with Crippen molar-refractivity contribution >= 4 is 0 Å². The maximum absolute atomic E-state index is 9.14. The second-order valence-corrected chi connectivity index (χ2v) is 4.65. The molecule has 0 aliphatic heterocycles. The third-order valence-electron chi connectivity index (χ3n) is 3.02. The van der Waals surface area contributed by atoms with Gasteiger partial charge in [0.25, 0.3) is 0 Å². The van der Waals surface area contributed by atoms with E-state index in [0.29, 0.717) is 0 Å². The first kappa shape index (κ1) is 15.5. The number of rotatable bonds is 11. The van der Waals surface area contributed by atoms with Gasteiger partial charge in [0.1, 0.15) is 6.10 Å². The van der Waals surface area contributed by atoms with Crippen molar-refractivity contribution in [2.45, 2.75) is 83.7 Å². The molecule has 16 heavy (non-hydrogen) atoms. The summed E-state index contributed by atoms with van der Waals surface area (Å²) >= 11 is 0. The number of hydrogen-bond acceptors (Lipinski definition) is 1. The predicted octanol–water partition coefficient (Wildman–Crippen LogP) is 4.29. The Balaban J connectivity index is 2.96. The predicted molar refractivity (Wildman–Crippen MR) is 71.3 cm³/mol. The van der Waals surface area contributed by atoms with Crippen molar-refractivity contribution < 1.29 is 5.11 Å². The van der Waals surface area contributed by atoms with Crippen LogP contribution in [-0.2, 0) is 0 Å². The fraction of sp³-hybridized carbons (Fsp3) is 0.867. The topological polar surface area (TPSA) is 20.2 Å². The van der Waals surface area contributed by atoms with Crippen molar-refractivity contribution in [1.82, 2.24) is 0 Å². The largest absolute Gasteiger partial charge is 0.380 e. The van der Waals surface area contributed by atoms with E-state index in [2.05, 4.69) is 12.8 Å². The van der Waals surface area contributed by atoms with Crippen LogP contribution < -0.4 is 0 Å². The number of hydrogen-bond donors (Lipinski definition) is 1. The minimum Gasteiger partial charge on any atom is -0.380 e. The molecule has 0 aliphatic carbocycles. The molecular formula is C15H28O. The van der Waals surface area contributed by atoms with Crippen molar-refractivity contribution in [3.05, 3.63) is 0 Å². The number of aliphatic hydroxyl groups excluding tert-OH is 1. The average molecular weight is 224 g/mol. The monoisotopic (exact) mass is 224 g/mol. The number of terminal acetylenes is 1. The molecule has 0 unspecified atom stereocenters. The summed E-state index contributed by atoms with van der Waals surface area (Å²) in [5, 5.41) is 9.14. The fourth-order valence-corrected chi connectivity index (χ4v) is 1.91. The summed E-state index contributed by atoms with van der Waals surface area (Å²) in [7, 11) is 0. The zero-order chi connectivity index (χ0) is 12.1. The summed E-state index contributed by atoms with van der Waals surface area (Å²) in [6.07, 6.45) is 18.6. The molecule has 0 amide bonds. The summed E-state index contributed by atoms with van der Waals surface area (Å²) in [5.41, 5.74) is 0. The zero-order valence-corrected chi connectivity index (χ0v) is 10.9. The molecule has 0 aromatic carbocycles. The van der Waals surface area contributed by atoms with E-state index in [1.165, 1.54) is 57.8 Å². The molecule has 1 N–H and O–H groups in total. The first-order chi connectivity index (χ1) is 7.81. The van der Waals surface area contributed by atoms with Crippen LogP contribution in [0.5, 0.6) is 0 Å². The van der Waals surface area contributed by atoms with E-state index in [-0.39, 0.29) is 0 Å². The summed E-state index contributed by atoms with van der Waals surface area (Å²) in [6.45, 7) is 2.25. The van der Waals surface area contributed by atoms with Gasteiger partial charge in [0, 0.05) is 0 Å². The Morgan fingerprint density at radius 1 is 0.875 bits per heavy atom. The van der Waals surface area contributed by atoms with Gasteiger partial charge in [-0.05, 0) is 12.8 Å². The highest BCUT2D eigenvalue weighted by atomic mass is 16.3. The molecule has 0 bridgehead atoms. The third kappa shape index (κ3) is 11.6. The summed E-state index contributed by atoms with van der Waals surface area (Å²) in [6, 6.07) is 0. The Kier molecular flexibility index (Phi) is 12.2. The molecule has 0 saturated heterocycles. The second-order valence-electron chi connectivity index (χ2n) is 4.65. The lowest BCUT2D eigenvalue weighted by atomic mass is 10.0. The van der Waals surface area contributed by atoms with Gasteiger partial charge >= 0.3 is 0 Å². The lowest BCUT2D eigenvalue weighted by Crippen LogP contribution is -2.01. The second kappa shape index (κ2) is 12.6. The lowest BCUT2D eigenvalue weighted by molar-refractivity contribution is 0.217. The van der Waals surface area contributed by atoms with Crippen LogP contribution >= 0.6 is 0 Å². The molecule has 0 spiro atoms. The summed E-state index contributed by atoms with van der Waals surface area (Å²) in [5.74, 6) is 2.35. The van der Waals surface area contributed by atoms with Crippen LogP contribution in [0.2, 0.25) is 0 Å². The van der Waals surface area contributed by atoms with Crippen molar-refractivity contribution in [3.8, 4) is 12.3 Å². The SMILES string of the molecule is C#C[C@@H](O)CCCCCCCCCCCC. The van der Waals surface area contributed by atoms with Crippen molar-refractivity contribution in [2.75, 3.05) is 0 Å². The van der Waals surface area contributed by atoms with Gasteiger partial charge in [-0.1, -0.05) is 70.6 Å². The van der Waals surface area contributed by atoms with Gasteiger partial charge in [0.15, 0.2) is 0 Å². The lowest BCUT2D eigenvalue weighted by Gasteiger charge is -2.03. The molecule has 1 nitrogen and oxygen atoms in total.